The molecule has 5 nitrogen and oxygen atoms in total. The summed E-state index contributed by atoms with van der Waals surface area (Å²) in [5.74, 6) is 0. The van der Waals surface area contributed by atoms with Crippen LogP contribution in [-0.2, 0) is 0 Å². The Hall–Kier alpha value is -0.490. The minimum Gasteiger partial charge on any atom is -0.396 e. The van der Waals surface area contributed by atoms with Crippen molar-refractivity contribution in [3.05, 3.63) is 0 Å². The van der Waals surface area contributed by atoms with E-state index in [0.717, 1.165) is 0 Å². The molecule has 0 rings (SSSR count). The zero-order valence-corrected chi connectivity index (χ0v) is 7.53. The van der Waals surface area contributed by atoms with Crippen LogP contribution in [0, 0.1) is 10.8 Å². The average molecular weight is 191 g/mol. The maximum Gasteiger partial charge on any atom is 0.0564 e. The molecule has 0 heterocycles. The lowest BCUT2D eigenvalue weighted by atomic mass is 9.80. The van der Waals surface area contributed by atoms with Crippen LogP contribution in [0.15, 0.2) is 0 Å². The van der Waals surface area contributed by atoms with Crippen LogP contribution < -0.4 is 0 Å². The SMILES string of the molecule is N=C(CCO)C(CO)(CO)CCO. The third kappa shape index (κ3) is 3.04. The molecule has 0 spiro atoms. The Labute approximate surface area is 77.2 Å². The largest absolute Gasteiger partial charge is 0.396 e. The Bertz CT molecular complexity index is 156. The molecule has 0 bridgehead atoms. The maximum absolute atomic E-state index is 9.01. The number of nitrogens with one attached hydrogen (secondary N) is 1. The second-order valence-corrected chi connectivity index (χ2v) is 3.02. The Morgan fingerprint density at radius 3 is 1.85 bits per heavy atom. The monoisotopic (exact) mass is 191 g/mol. The lowest BCUT2D eigenvalue weighted by molar-refractivity contribution is 0.0810. The molecule has 0 saturated heterocycles. The molecule has 0 aliphatic rings. The minimum atomic E-state index is -1.07. The molecule has 5 heteroatoms. The van der Waals surface area contributed by atoms with Gasteiger partial charge in [-0.3, -0.25) is 0 Å². The summed E-state index contributed by atoms with van der Waals surface area (Å²) in [5, 5.41) is 42.8. The van der Waals surface area contributed by atoms with Crippen molar-refractivity contribution in [2.24, 2.45) is 5.41 Å². The molecule has 0 saturated carbocycles. The lowest BCUT2D eigenvalue weighted by Gasteiger charge is -2.29. The number of rotatable bonds is 7. The molecule has 0 aromatic heterocycles. The predicted molar refractivity (Wildman–Crippen MR) is 47.7 cm³/mol. The van der Waals surface area contributed by atoms with Crippen molar-refractivity contribution in [1.82, 2.24) is 0 Å². The molecule has 0 aliphatic heterocycles. The first-order chi connectivity index (χ1) is 6.16. The van der Waals surface area contributed by atoms with E-state index >= 15 is 0 Å². The van der Waals surface area contributed by atoms with Crippen LogP contribution in [-0.4, -0.2) is 52.6 Å². The van der Waals surface area contributed by atoms with Gasteiger partial charge in [-0.15, -0.1) is 0 Å². The van der Waals surface area contributed by atoms with Crippen molar-refractivity contribution < 1.29 is 20.4 Å². The first-order valence-corrected chi connectivity index (χ1v) is 4.18. The fourth-order valence-corrected chi connectivity index (χ4v) is 1.14. The van der Waals surface area contributed by atoms with Crippen LogP contribution in [0.1, 0.15) is 12.8 Å². The quantitative estimate of drug-likeness (QED) is 0.324. The van der Waals surface area contributed by atoms with E-state index < -0.39 is 5.41 Å². The Kier molecular flexibility index (Phi) is 5.81. The highest BCUT2D eigenvalue weighted by atomic mass is 16.3. The van der Waals surface area contributed by atoms with Gasteiger partial charge in [0, 0.05) is 25.3 Å². The summed E-state index contributed by atoms with van der Waals surface area (Å²) in [6.45, 7) is -1.16. The van der Waals surface area contributed by atoms with Gasteiger partial charge in [-0.05, 0) is 6.42 Å². The van der Waals surface area contributed by atoms with Crippen molar-refractivity contribution >= 4 is 5.71 Å². The molecule has 0 unspecified atom stereocenters. The lowest BCUT2D eigenvalue weighted by Crippen LogP contribution is -2.39. The number of hydrogen-bond donors (Lipinski definition) is 5. The van der Waals surface area contributed by atoms with E-state index in [-0.39, 0.29) is 45.0 Å². The summed E-state index contributed by atoms with van der Waals surface area (Å²) in [6, 6.07) is 0. The number of aliphatic hydroxyl groups excluding tert-OH is 4. The molecule has 78 valence electrons. The fraction of sp³-hybridized carbons (Fsp3) is 0.875. The molecular formula is C8H17NO4. The number of hydrogen-bond acceptors (Lipinski definition) is 5. The molecule has 0 aromatic carbocycles. The fourth-order valence-electron chi connectivity index (χ4n) is 1.14. The normalized spacial score (nSPS) is 11.7. The van der Waals surface area contributed by atoms with E-state index in [1.807, 2.05) is 0 Å². The molecule has 0 aliphatic carbocycles. The highest BCUT2D eigenvalue weighted by Crippen LogP contribution is 2.23. The van der Waals surface area contributed by atoms with E-state index in [2.05, 4.69) is 0 Å². The zero-order chi connectivity index (χ0) is 10.3. The summed E-state index contributed by atoms with van der Waals surface area (Å²) >= 11 is 0. The summed E-state index contributed by atoms with van der Waals surface area (Å²) < 4.78 is 0. The van der Waals surface area contributed by atoms with E-state index in [4.69, 9.17) is 25.8 Å². The molecule has 0 atom stereocenters. The van der Waals surface area contributed by atoms with Crippen molar-refractivity contribution in [3.8, 4) is 0 Å². The molecule has 0 fully saturated rings. The van der Waals surface area contributed by atoms with E-state index in [9.17, 15) is 0 Å². The summed E-state index contributed by atoms with van der Waals surface area (Å²) in [7, 11) is 0. The first-order valence-electron chi connectivity index (χ1n) is 4.18. The van der Waals surface area contributed by atoms with Gasteiger partial charge >= 0.3 is 0 Å². The highest BCUT2D eigenvalue weighted by Gasteiger charge is 2.32. The topological polar surface area (TPSA) is 105 Å². The van der Waals surface area contributed by atoms with Gasteiger partial charge in [0.05, 0.1) is 18.6 Å². The van der Waals surface area contributed by atoms with Gasteiger partial charge in [0.1, 0.15) is 0 Å². The smallest absolute Gasteiger partial charge is 0.0564 e. The molecule has 0 aromatic rings. The summed E-state index contributed by atoms with van der Waals surface area (Å²) in [6.07, 6.45) is 0.250. The van der Waals surface area contributed by atoms with Gasteiger partial charge in [0.25, 0.3) is 0 Å². The number of aliphatic hydroxyl groups is 4. The third-order valence-corrected chi connectivity index (χ3v) is 2.20. The van der Waals surface area contributed by atoms with E-state index in [0.29, 0.717) is 0 Å². The van der Waals surface area contributed by atoms with Crippen LogP contribution in [0.4, 0.5) is 0 Å². The van der Waals surface area contributed by atoms with Crippen molar-refractivity contribution in [3.63, 3.8) is 0 Å². The van der Waals surface area contributed by atoms with Crippen molar-refractivity contribution in [1.29, 1.82) is 5.41 Å². The average Bonchev–Trinajstić information content (AvgIpc) is 2.14. The summed E-state index contributed by atoms with van der Waals surface area (Å²) in [5.41, 5.74) is -0.994. The van der Waals surface area contributed by atoms with Crippen molar-refractivity contribution in [2.45, 2.75) is 12.8 Å². The van der Waals surface area contributed by atoms with E-state index in [1.165, 1.54) is 0 Å². The third-order valence-electron chi connectivity index (χ3n) is 2.20. The second-order valence-electron chi connectivity index (χ2n) is 3.02. The van der Waals surface area contributed by atoms with Crippen molar-refractivity contribution in [2.75, 3.05) is 26.4 Å². The second kappa shape index (κ2) is 6.04. The molecular weight excluding hydrogens is 174 g/mol. The predicted octanol–water partition coefficient (Wildman–Crippen LogP) is -1.26. The Morgan fingerprint density at radius 2 is 1.54 bits per heavy atom. The van der Waals surface area contributed by atoms with Gasteiger partial charge in [-0.25, -0.2) is 0 Å². The summed E-state index contributed by atoms with van der Waals surface area (Å²) in [4.78, 5) is 0. The highest BCUT2D eigenvalue weighted by molar-refractivity contribution is 5.87. The Morgan fingerprint density at radius 1 is 1.00 bits per heavy atom. The van der Waals surface area contributed by atoms with Crippen LogP contribution in [0.25, 0.3) is 0 Å². The van der Waals surface area contributed by atoms with Gasteiger partial charge in [0.2, 0.25) is 0 Å². The van der Waals surface area contributed by atoms with Crippen LogP contribution in [0.2, 0.25) is 0 Å². The standard InChI is InChI=1S/C8H17NO4/c9-7(1-3-10)8(5-12,6-13)2-4-11/h9-13H,1-6H2. The molecule has 0 amide bonds. The molecule has 5 N–H and O–H groups in total. The van der Waals surface area contributed by atoms with Crippen LogP contribution in [0.3, 0.4) is 0 Å². The molecule has 13 heavy (non-hydrogen) atoms. The van der Waals surface area contributed by atoms with Crippen LogP contribution >= 0.6 is 0 Å². The Balaban J connectivity index is 4.43. The molecule has 0 radical (unpaired) electrons. The van der Waals surface area contributed by atoms with Crippen LogP contribution in [0.5, 0.6) is 0 Å². The van der Waals surface area contributed by atoms with Gasteiger partial charge in [-0.1, -0.05) is 0 Å². The first kappa shape index (κ1) is 12.5. The zero-order valence-electron chi connectivity index (χ0n) is 7.53. The van der Waals surface area contributed by atoms with E-state index in [1.54, 1.807) is 0 Å². The minimum absolute atomic E-state index is 0.0778. The van der Waals surface area contributed by atoms with Gasteiger partial charge < -0.3 is 25.8 Å². The van der Waals surface area contributed by atoms with Gasteiger partial charge in [-0.2, -0.15) is 0 Å². The maximum atomic E-state index is 9.01. The van der Waals surface area contributed by atoms with Gasteiger partial charge in [0.15, 0.2) is 0 Å².